The summed E-state index contributed by atoms with van der Waals surface area (Å²) in [5, 5.41) is 8.38. The maximum absolute atomic E-state index is 13.0. The summed E-state index contributed by atoms with van der Waals surface area (Å²) in [6, 6.07) is 6.90. The van der Waals surface area contributed by atoms with Crippen molar-refractivity contribution in [3.8, 4) is 0 Å². The second-order valence-corrected chi connectivity index (χ2v) is 7.22. The third kappa shape index (κ3) is 4.01. The Kier molecular flexibility index (Phi) is 4.60. The number of nitrogens with zero attached hydrogens (tertiary/aromatic N) is 3. The second-order valence-electron chi connectivity index (χ2n) is 7.22. The summed E-state index contributed by atoms with van der Waals surface area (Å²) in [6.45, 7) is 2.96. The van der Waals surface area contributed by atoms with E-state index >= 15 is 0 Å². The van der Waals surface area contributed by atoms with E-state index in [9.17, 15) is 4.39 Å². The van der Waals surface area contributed by atoms with E-state index < -0.39 is 0 Å². The number of hydrogen-bond donors (Lipinski definition) is 0. The molecule has 2 fully saturated rings. The maximum atomic E-state index is 13.0. The summed E-state index contributed by atoms with van der Waals surface area (Å²) in [6.07, 6.45) is 7.05. The first kappa shape index (κ1) is 15.8. The van der Waals surface area contributed by atoms with Crippen molar-refractivity contribution in [3.63, 3.8) is 0 Å². The molecule has 5 heteroatoms. The molecule has 2 heterocycles. The first-order valence-electron chi connectivity index (χ1n) is 9.05. The van der Waals surface area contributed by atoms with Crippen LogP contribution in [0.15, 0.2) is 28.7 Å². The van der Waals surface area contributed by atoms with Crippen LogP contribution in [-0.4, -0.2) is 28.2 Å². The Morgan fingerprint density at radius 3 is 2.75 bits per heavy atom. The fourth-order valence-electron chi connectivity index (χ4n) is 3.57. The molecule has 0 N–H and O–H groups in total. The Morgan fingerprint density at radius 1 is 1.12 bits per heavy atom. The van der Waals surface area contributed by atoms with Crippen molar-refractivity contribution in [1.29, 1.82) is 0 Å². The fraction of sp³-hybridized carbons (Fsp3) is 0.579. The Labute approximate surface area is 142 Å². The zero-order valence-corrected chi connectivity index (χ0v) is 14.0. The lowest BCUT2D eigenvalue weighted by atomic mass is 9.91. The van der Waals surface area contributed by atoms with Gasteiger partial charge in [-0.05, 0) is 68.7 Å². The summed E-state index contributed by atoms with van der Waals surface area (Å²) in [5.74, 6) is 2.64. The number of aryl methyl sites for hydroxylation is 1. The molecule has 24 heavy (non-hydrogen) atoms. The van der Waals surface area contributed by atoms with Gasteiger partial charge in [0.1, 0.15) is 5.82 Å². The Hall–Kier alpha value is -1.75. The highest BCUT2D eigenvalue weighted by Gasteiger charge is 2.30. The average Bonchev–Trinajstić information content (AvgIpc) is 3.35. The van der Waals surface area contributed by atoms with E-state index in [2.05, 4.69) is 15.1 Å². The summed E-state index contributed by atoms with van der Waals surface area (Å²) in [5.41, 5.74) is 1.22. The molecule has 2 aromatic rings. The van der Waals surface area contributed by atoms with Crippen molar-refractivity contribution in [1.82, 2.24) is 15.1 Å². The smallest absolute Gasteiger partial charge is 0.230 e. The van der Waals surface area contributed by atoms with Crippen molar-refractivity contribution >= 4 is 0 Å². The average molecular weight is 329 g/mol. The third-order valence-electron chi connectivity index (χ3n) is 5.13. The molecule has 128 valence electrons. The van der Waals surface area contributed by atoms with Crippen LogP contribution in [0, 0.1) is 11.7 Å². The number of halogens is 1. The van der Waals surface area contributed by atoms with Gasteiger partial charge >= 0.3 is 0 Å². The van der Waals surface area contributed by atoms with E-state index in [-0.39, 0.29) is 5.82 Å². The number of benzene rings is 1. The van der Waals surface area contributed by atoms with Crippen LogP contribution in [0.3, 0.4) is 0 Å². The van der Waals surface area contributed by atoms with Crippen LogP contribution in [0.5, 0.6) is 0 Å². The summed E-state index contributed by atoms with van der Waals surface area (Å²) in [7, 11) is 0. The maximum Gasteiger partial charge on any atom is 0.230 e. The van der Waals surface area contributed by atoms with Crippen LogP contribution in [0.2, 0.25) is 0 Å². The third-order valence-corrected chi connectivity index (χ3v) is 5.13. The Bertz CT molecular complexity index is 666. The highest BCUT2D eigenvalue weighted by atomic mass is 19.1. The van der Waals surface area contributed by atoms with Gasteiger partial charge in [-0.2, -0.15) is 0 Å². The Balaban J connectivity index is 1.27. The van der Waals surface area contributed by atoms with Crippen molar-refractivity contribution in [2.24, 2.45) is 5.92 Å². The van der Waals surface area contributed by atoms with Crippen molar-refractivity contribution in [2.75, 3.05) is 13.1 Å². The summed E-state index contributed by atoms with van der Waals surface area (Å²) < 4.78 is 18.8. The van der Waals surface area contributed by atoms with E-state index in [1.54, 1.807) is 12.1 Å². The number of hydrogen-bond acceptors (Lipinski definition) is 4. The van der Waals surface area contributed by atoms with E-state index in [1.807, 2.05) is 12.1 Å². The van der Waals surface area contributed by atoms with Gasteiger partial charge in [-0.25, -0.2) is 4.39 Å². The predicted octanol–water partition coefficient (Wildman–Crippen LogP) is 3.93. The fourth-order valence-corrected chi connectivity index (χ4v) is 3.57. The van der Waals surface area contributed by atoms with Gasteiger partial charge in [0.05, 0.1) is 6.54 Å². The van der Waals surface area contributed by atoms with Gasteiger partial charge in [-0.3, -0.25) is 4.90 Å². The van der Waals surface area contributed by atoms with Crippen LogP contribution in [0.4, 0.5) is 4.39 Å². The van der Waals surface area contributed by atoms with Crippen molar-refractivity contribution in [3.05, 3.63) is 47.4 Å². The van der Waals surface area contributed by atoms with E-state index in [0.29, 0.717) is 11.8 Å². The molecule has 0 radical (unpaired) electrons. The Morgan fingerprint density at radius 2 is 1.96 bits per heavy atom. The first-order valence-corrected chi connectivity index (χ1v) is 9.05. The second kappa shape index (κ2) is 7.01. The molecule has 4 nitrogen and oxygen atoms in total. The minimum absolute atomic E-state index is 0.160. The van der Waals surface area contributed by atoms with Crippen LogP contribution in [0.1, 0.15) is 55.4 Å². The number of aromatic nitrogens is 2. The van der Waals surface area contributed by atoms with Gasteiger partial charge in [0.15, 0.2) is 0 Å². The monoisotopic (exact) mass is 329 g/mol. The summed E-state index contributed by atoms with van der Waals surface area (Å²) in [4.78, 5) is 2.43. The quantitative estimate of drug-likeness (QED) is 0.805. The molecular formula is C19H24FN3O. The number of piperidine rings is 1. The summed E-state index contributed by atoms with van der Waals surface area (Å²) >= 11 is 0. The van der Waals surface area contributed by atoms with Crippen LogP contribution in [0.25, 0.3) is 0 Å². The van der Waals surface area contributed by atoms with E-state index in [1.165, 1.54) is 31.2 Å². The molecule has 1 atom stereocenters. The molecule has 0 amide bonds. The molecule has 0 spiro atoms. The van der Waals surface area contributed by atoms with Crippen molar-refractivity contribution in [2.45, 2.75) is 51.0 Å². The molecule has 1 unspecified atom stereocenters. The van der Waals surface area contributed by atoms with E-state index in [4.69, 9.17) is 4.42 Å². The van der Waals surface area contributed by atoms with Gasteiger partial charge < -0.3 is 4.42 Å². The lowest BCUT2D eigenvalue weighted by Crippen LogP contribution is -2.35. The molecular weight excluding hydrogens is 305 g/mol. The number of rotatable bonds is 6. The molecule has 1 aromatic heterocycles. The van der Waals surface area contributed by atoms with Gasteiger partial charge in [0, 0.05) is 12.5 Å². The standard InChI is InChI=1S/C19H24FN3O/c20-17-9-5-14(6-10-17)3-4-15-2-1-11-23(12-15)13-18-21-22-19(24-18)16-7-8-16/h5-6,9-10,15-16H,1-4,7-8,11-13H2. The lowest BCUT2D eigenvalue weighted by Gasteiger charge is -2.31. The highest BCUT2D eigenvalue weighted by Crippen LogP contribution is 2.39. The van der Waals surface area contributed by atoms with Crippen LogP contribution < -0.4 is 0 Å². The van der Waals surface area contributed by atoms with E-state index in [0.717, 1.165) is 44.3 Å². The zero-order chi connectivity index (χ0) is 16.4. The normalized spacial score (nSPS) is 22.0. The molecule has 1 aliphatic heterocycles. The lowest BCUT2D eigenvalue weighted by molar-refractivity contribution is 0.149. The van der Waals surface area contributed by atoms with Gasteiger partial charge in [-0.15, -0.1) is 10.2 Å². The molecule has 2 aliphatic rings. The SMILES string of the molecule is Fc1ccc(CCC2CCCN(Cc3nnc(C4CC4)o3)C2)cc1. The van der Waals surface area contributed by atoms with Gasteiger partial charge in [0.2, 0.25) is 11.8 Å². The molecule has 4 rings (SSSR count). The van der Waals surface area contributed by atoms with Gasteiger partial charge in [-0.1, -0.05) is 12.1 Å². The van der Waals surface area contributed by atoms with Crippen molar-refractivity contribution < 1.29 is 8.81 Å². The zero-order valence-electron chi connectivity index (χ0n) is 14.0. The largest absolute Gasteiger partial charge is 0.424 e. The highest BCUT2D eigenvalue weighted by molar-refractivity contribution is 5.16. The molecule has 1 aromatic carbocycles. The molecule has 1 aliphatic carbocycles. The minimum atomic E-state index is -0.160. The topological polar surface area (TPSA) is 42.2 Å². The number of likely N-dealkylation sites (tertiary alicyclic amines) is 1. The minimum Gasteiger partial charge on any atom is -0.424 e. The molecule has 0 bridgehead atoms. The molecule has 1 saturated carbocycles. The predicted molar refractivity (Wildman–Crippen MR) is 89.0 cm³/mol. The van der Waals surface area contributed by atoms with Gasteiger partial charge in [0.25, 0.3) is 0 Å². The van der Waals surface area contributed by atoms with Crippen LogP contribution >= 0.6 is 0 Å². The first-order chi connectivity index (χ1) is 11.8. The van der Waals surface area contributed by atoms with Crippen LogP contribution in [-0.2, 0) is 13.0 Å². The molecule has 1 saturated heterocycles.